The molecule has 7 heteroatoms. The van der Waals surface area contributed by atoms with Crippen LogP contribution in [0.4, 0.5) is 0 Å². The number of hydrogen-bond acceptors (Lipinski definition) is 7. The number of aliphatic hydroxyl groups is 4. The molecule has 0 aliphatic heterocycles. The van der Waals surface area contributed by atoms with Crippen LogP contribution < -0.4 is 0 Å². The summed E-state index contributed by atoms with van der Waals surface area (Å²) in [5.74, 6) is 0.218. The maximum absolute atomic E-state index is 11.0. The molecule has 0 aromatic heterocycles. The molecule has 0 unspecified atom stereocenters. The molecular weight excluding hydrogens is 408 g/mol. The summed E-state index contributed by atoms with van der Waals surface area (Å²) in [5.41, 5.74) is 2.74. The van der Waals surface area contributed by atoms with Gasteiger partial charge < -0.3 is 25.5 Å². The Balaban J connectivity index is 2.95. The van der Waals surface area contributed by atoms with Gasteiger partial charge in [0.2, 0.25) is 0 Å². The van der Waals surface area contributed by atoms with Crippen LogP contribution in [0, 0.1) is 0 Å². The number of aromatic hydroxyl groups is 1. The first-order valence-corrected chi connectivity index (χ1v) is 12.3. The van der Waals surface area contributed by atoms with Gasteiger partial charge in [-0.2, -0.15) is 0 Å². The molecule has 0 aliphatic carbocycles. The van der Waals surface area contributed by atoms with Crippen molar-refractivity contribution >= 4 is 0 Å². The van der Waals surface area contributed by atoms with Crippen molar-refractivity contribution in [3.8, 4) is 5.75 Å². The number of hydrogen-bond donors (Lipinski definition) is 5. The Morgan fingerprint density at radius 2 is 1.03 bits per heavy atom. The van der Waals surface area contributed by atoms with Crippen molar-refractivity contribution in [2.45, 2.75) is 71.4 Å². The fourth-order valence-electron chi connectivity index (χ4n) is 4.09. The van der Waals surface area contributed by atoms with Crippen LogP contribution in [-0.2, 0) is 19.5 Å². The molecule has 1 aromatic carbocycles. The second-order valence-electron chi connectivity index (χ2n) is 8.58. The van der Waals surface area contributed by atoms with Gasteiger partial charge in [0.25, 0.3) is 0 Å². The summed E-state index contributed by atoms with van der Waals surface area (Å²) in [4.78, 5) is 3.85. The molecule has 0 heterocycles. The molecule has 0 atom stereocenters. The Hall–Kier alpha value is -1.22. The van der Waals surface area contributed by atoms with Gasteiger partial charge in [0.15, 0.2) is 0 Å². The molecule has 0 saturated heterocycles. The van der Waals surface area contributed by atoms with E-state index in [0.717, 1.165) is 24.0 Å². The van der Waals surface area contributed by atoms with E-state index in [4.69, 9.17) is 0 Å². The fourth-order valence-corrected chi connectivity index (χ4v) is 4.09. The van der Waals surface area contributed by atoms with Crippen LogP contribution >= 0.6 is 0 Å². The molecule has 1 rings (SSSR count). The predicted octanol–water partition coefficient (Wildman–Crippen LogP) is 2.26. The number of phenolic OH excluding ortho intramolecular Hbond substituents is 1. The van der Waals surface area contributed by atoms with Crippen LogP contribution in [0.15, 0.2) is 12.1 Å². The average molecular weight is 455 g/mol. The van der Waals surface area contributed by atoms with Crippen molar-refractivity contribution in [1.82, 2.24) is 9.80 Å². The Morgan fingerprint density at radius 3 is 1.44 bits per heavy atom. The number of phenols is 1. The van der Waals surface area contributed by atoms with Crippen molar-refractivity contribution < 1.29 is 25.5 Å². The third-order valence-corrected chi connectivity index (χ3v) is 5.85. The monoisotopic (exact) mass is 454 g/mol. The molecule has 0 aliphatic rings. The zero-order valence-corrected chi connectivity index (χ0v) is 20.0. The summed E-state index contributed by atoms with van der Waals surface area (Å²) in [5, 5.41) is 48.3. The minimum Gasteiger partial charge on any atom is -0.507 e. The van der Waals surface area contributed by atoms with E-state index in [0.29, 0.717) is 39.3 Å². The lowest BCUT2D eigenvalue weighted by Crippen LogP contribution is -2.30. The lowest BCUT2D eigenvalue weighted by molar-refractivity contribution is 0.152. The zero-order valence-electron chi connectivity index (χ0n) is 20.0. The van der Waals surface area contributed by atoms with Gasteiger partial charge in [0.05, 0.1) is 26.4 Å². The summed E-state index contributed by atoms with van der Waals surface area (Å²) in [7, 11) is 0. The normalized spacial score (nSPS) is 11.7. The highest BCUT2D eigenvalue weighted by molar-refractivity contribution is 5.44. The van der Waals surface area contributed by atoms with E-state index in [1.807, 2.05) is 21.9 Å². The standard InChI is InChI=1S/C25H46N2O5/c1-2-3-4-5-6-7-8-9-22-18-23(20-26(10-14-28)11-15-29)25(32)24(19-22)21-27(12-16-30)13-17-31/h18-19,28-32H,2-17,20-21H2,1H3. The maximum atomic E-state index is 11.0. The third kappa shape index (κ3) is 11.6. The van der Waals surface area contributed by atoms with Crippen molar-refractivity contribution in [2.24, 2.45) is 0 Å². The molecule has 32 heavy (non-hydrogen) atoms. The first-order valence-electron chi connectivity index (χ1n) is 12.3. The molecule has 1 aromatic rings. The number of nitrogens with zero attached hydrogens (tertiary/aromatic N) is 2. The van der Waals surface area contributed by atoms with Gasteiger partial charge in [-0.1, -0.05) is 57.6 Å². The van der Waals surface area contributed by atoms with Gasteiger partial charge in [-0.25, -0.2) is 0 Å². The van der Waals surface area contributed by atoms with Crippen molar-refractivity contribution in [1.29, 1.82) is 0 Å². The van der Waals surface area contributed by atoms with E-state index in [1.54, 1.807) is 0 Å². The molecule has 7 nitrogen and oxygen atoms in total. The lowest BCUT2D eigenvalue weighted by atomic mass is 9.98. The van der Waals surface area contributed by atoms with E-state index < -0.39 is 0 Å². The molecule has 0 saturated carbocycles. The Kier molecular flexibility index (Phi) is 16.4. The quantitative estimate of drug-likeness (QED) is 0.192. The summed E-state index contributed by atoms with van der Waals surface area (Å²) < 4.78 is 0. The Bertz CT molecular complexity index is 549. The highest BCUT2D eigenvalue weighted by atomic mass is 16.3. The summed E-state index contributed by atoms with van der Waals surface area (Å²) in [6.07, 6.45) is 9.64. The van der Waals surface area contributed by atoms with Crippen molar-refractivity contribution in [3.05, 3.63) is 28.8 Å². The first kappa shape index (κ1) is 28.8. The number of aliphatic hydroxyl groups excluding tert-OH is 4. The smallest absolute Gasteiger partial charge is 0.124 e. The predicted molar refractivity (Wildman–Crippen MR) is 129 cm³/mol. The molecular formula is C25H46N2O5. The molecule has 0 amide bonds. The number of benzene rings is 1. The van der Waals surface area contributed by atoms with E-state index in [2.05, 4.69) is 6.92 Å². The third-order valence-electron chi connectivity index (χ3n) is 5.85. The van der Waals surface area contributed by atoms with Gasteiger partial charge >= 0.3 is 0 Å². The average Bonchev–Trinajstić information content (AvgIpc) is 2.77. The maximum Gasteiger partial charge on any atom is 0.124 e. The van der Waals surface area contributed by atoms with E-state index in [1.165, 1.54) is 44.1 Å². The summed E-state index contributed by atoms with van der Waals surface area (Å²) >= 11 is 0. The van der Waals surface area contributed by atoms with Crippen molar-refractivity contribution in [2.75, 3.05) is 52.6 Å². The van der Waals surface area contributed by atoms with Crippen LogP contribution in [-0.4, -0.2) is 87.9 Å². The Labute approximate surface area is 194 Å². The Morgan fingerprint density at radius 1 is 0.625 bits per heavy atom. The molecule has 0 spiro atoms. The fraction of sp³-hybridized carbons (Fsp3) is 0.760. The second-order valence-corrected chi connectivity index (χ2v) is 8.58. The first-order chi connectivity index (χ1) is 15.6. The van der Waals surface area contributed by atoms with E-state index in [-0.39, 0.29) is 32.2 Å². The van der Waals surface area contributed by atoms with E-state index in [9.17, 15) is 25.5 Å². The SMILES string of the molecule is CCCCCCCCCc1cc(CN(CCO)CCO)c(O)c(CN(CCO)CCO)c1. The number of aryl methyl sites for hydroxylation is 1. The second kappa shape index (κ2) is 18.2. The van der Waals surface area contributed by atoms with E-state index >= 15 is 0 Å². The summed E-state index contributed by atoms with van der Waals surface area (Å²) in [6, 6.07) is 4.08. The van der Waals surface area contributed by atoms with Gasteiger partial charge in [-0.15, -0.1) is 0 Å². The van der Waals surface area contributed by atoms with Gasteiger partial charge in [-0.05, 0) is 18.4 Å². The minimum absolute atomic E-state index is 0.00782. The molecule has 0 fully saturated rings. The van der Waals surface area contributed by atoms with Gasteiger partial charge in [0, 0.05) is 50.4 Å². The number of rotatable bonds is 20. The molecule has 0 bridgehead atoms. The molecule has 186 valence electrons. The molecule has 0 radical (unpaired) electrons. The van der Waals surface area contributed by atoms with Crippen molar-refractivity contribution in [3.63, 3.8) is 0 Å². The molecule has 5 N–H and O–H groups in total. The zero-order chi connectivity index (χ0) is 23.6. The van der Waals surface area contributed by atoms with Crippen LogP contribution in [0.5, 0.6) is 5.75 Å². The topological polar surface area (TPSA) is 108 Å². The highest BCUT2D eigenvalue weighted by Crippen LogP contribution is 2.28. The lowest BCUT2D eigenvalue weighted by Gasteiger charge is -2.24. The summed E-state index contributed by atoms with van der Waals surface area (Å²) in [6.45, 7) is 4.81. The largest absolute Gasteiger partial charge is 0.507 e. The van der Waals surface area contributed by atoms with Crippen LogP contribution in [0.25, 0.3) is 0 Å². The van der Waals surface area contributed by atoms with Crippen LogP contribution in [0.1, 0.15) is 68.6 Å². The number of unbranched alkanes of at least 4 members (excludes halogenated alkanes) is 6. The van der Waals surface area contributed by atoms with Gasteiger partial charge in [-0.3, -0.25) is 9.80 Å². The minimum atomic E-state index is -0.00782. The highest BCUT2D eigenvalue weighted by Gasteiger charge is 2.16. The van der Waals surface area contributed by atoms with Crippen LogP contribution in [0.3, 0.4) is 0 Å². The van der Waals surface area contributed by atoms with Crippen LogP contribution in [0.2, 0.25) is 0 Å². The van der Waals surface area contributed by atoms with Gasteiger partial charge in [0.1, 0.15) is 5.75 Å².